The third-order valence-electron chi connectivity index (χ3n) is 5.22. The quantitative estimate of drug-likeness (QED) is 0.687. The smallest absolute Gasteiger partial charge is 0.164 e. The Morgan fingerprint density at radius 1 is 1.25 bits per heavy atom. The molecule has 2 heteroatoms. The highest BCUT2D eigenvalue weighted by Crippen LogP contribution is 2.60. The third kappa shape index (κ3) is 1.46. The molecule has 3 atom stereocenters. The predicted octanol–water partition coefficient (Wildman–Crippen LogP) is 2.93. The summed E-state index contributed by atoms with van der Waals surface area (Å²) in [5.74, 6) is 0.382. The SMILES string of the molecule is CC1CC(=O)C(C)(O)[C@]12CCCC(C)(C)C2. The molecule has 92 valence electrons. The van der Waals surface area contributed by atoms with Gasteiger partial charge in [-0.05, 0) is 37.5 Å². The van der Waals surface area contributed by atoms with Crippen LogP contribution in [0.3, 0.4) is 0 Å². The minimum atomic E-state index is -1.09. The van der Waals surface area contributed by atoms with Crippen LogP contribution in [0.1, 0.15) is 59.8 Å². The lowest BCUT2D eigenvalue weighted by molar-refractivity contribution is -0.149. The van der Waals surface area contributed by atoms with Crippen molar-refractivity contribution in [3.63, 3.8) is 0 Å². The summed E-state index contributed by atoms with van der Waals surface area (Å²) in [5, 5.41) is 10.6. The van der Waals surface area contributed by atoms with Gasteiger partial charge in [0, 0.05) is 11.8 Å². The molecule has 0 aromatic rings. The standard InChI is InChI=1S/C14H24O2/c1-10-8-11(15)13(4,16)14(10)7-5-6-12(2,3)9-14/h10,16H,5-9H2,1-4H3/t10?,13?,14-/m0/s1. The summed E-state index contributed by atoms with van der Waals surface area (Å²) in [5.41, 5.74) is -0.989. The van der Waals surface area contributed by atoms with Gasteiger partial charge in [-0.3, -0.25) is 4.79 Å². The molecule has 1 N–H and O–H groups in total. The summed E-state index contributed by atoms with van der Waals surface area (Å²) in [7, 11) is 0. The highest BCUT2D eigenvalue weighted by atomic mass is 16.3. The first-order chi connectivity index (χ1) is 7.21. The van der Waals surface area contributed by atoms with Crippen LogP contribution in [-0.2, 0) is 4.79 Å². The normalized spacial score (nSPS) is 47.6. The monoisotopic (exact) mass is 224 g/mol. The molecule has 0 saturated heterocycles. The number of ketones is 1. The molecule has 0 aromatic carbocycles. The Morgan fingerprint density at radius 3 is 2.31 bits per heavy atom. The van der Waals surface area contributed by atoms with Crippen LogP contribution >= 0.6 is 0 Å². The molecule has 0 aliphatic heterocycles. The van der Waals surface area contributed by atoms with Gasteiger partial charge in [0.05, 0.1) is 0 Å². The largest absolute Gasteiger partial charge is 0.382 e. The molecule has 2 rings (SSSR count). The Balaban J connectivity index is 2.39. The van der Waals surface area contributed by atoms with Crippen molar-refractivity contribution >= 4 is 5.78 Å². The number of hydrogen-bond donors (Lipinski definition) is 1. The van der Waals surface area contributed by atoms with Crippen molar-refractivity contribution in [3.05, 3.63) is 0 Å². The van der Waals surface area contributed by atoms with Crippen molar-refractivity contribution in [2.75, 3.05) is 0 Å². The zero-order valence-corrected chi connectivity index (χ0v) is 11.0. The summed E-state index contributed by atoms with van der Waals surface area (Å²) < 4.78 is 0. The fourth-order valence-electron chi connectivity index (χ4n) is 4.18. The van der Waals surface area contributed by atoms with Gasteiger partial charge in [0.2, 0.25) is 0 Å². The fourth-order valence-corrected chi connectivity index (χ4v) is 4.18. The first-order valence-electron chi connectivity index (χ1n) is 6.47. The summed E-state index contributed by atoms with van der Waals surface area (Å²) >= 11 is 0. The zero-order valence-electron chi connectivity index (χ0n) is 11.0. The highest BCUT2D eigenvalue weighted by molar-refractivity contribution is 5.90. The second-order valence-electron chi connectivity index (χ2n) is 6.95. The molecule has 2 aliphatic carbocycles. The van der Waals surface area contributed by atoms with Crippen molar-refractivity contribution in [1.29, 1.82) is 0 Å². The van der Waals surface area contributed by atoms with Gasteiger partial charge in [-0.1, -0.05) is 27.2 Å². The lowest BCUT2D eigenvalue weighted by atomic mass is 9.55. The number of carbonyl (C=O) groups is 1. The molecule has 1 spiro atoms. The van der Waals surface area contributed by atoms with Crippen molar-refractivity contribution in [3.8, 4) is 0 Å². The molecule has 2 fully saturated rings. The number of Topliss-reactive ketones (excluding diaryl/α,β-unsaturated/α-hetero) is 1. The van der Waals surface area contributed by atoms with Crippen LogP contribution in [0.4, 0.5) is 0 Å². The van der Waals surface area contributed by atoms with Gasteiger partial charge in [0.1, 0.15) is 5.60 Å². The van der Waals surface area contributed by atoms with Crippen LogP contribution < -0.4 is 0 Å². The fraction of sp³-hybridized carbons (Fsp3) is 0.929. The van der Waals surface area contributed by atoms with E-state index in [1.165, 1.54) is 6.42 Å². The van der Waals surface area contributed by atoms with E-state index in [9.17, 15) is 9.90 Å². The van der Waals surface area contributed by atoms with Gasteiger partial charge >= 0.3 is 0 Å². The van der Waals surface area contributed by atoms with Crippen molar-refractivity contribution in [2.45, 2.75) is 65.4 Å². The number of aliphatic hydroxyl groups is 1. The molecule has 0 amide bonds. The second-order valence-corrected chi connectivity index (χ2v) is 6.95. The first kappa shape index (κ1) is 12.1. The molecule has 0 radical (unpaired) electrons. The average Bonchev–Trinajstić information content (AvgIpc) is 2.27. The average molecular weight is 224 g/mol. The Bertz CT molecular complexity index is 317. The van der Waals surface area contributed by atoms with E-state index < -0.39 is 5.60 Å². The van der Waals surface area contributed by atoms with Gasteiger partial charge in [0.25, 0.3) is 0 Å². The third-order valence-corrected chi connectivity index (χ3v) is 5.22. The van der Waals surface area contributed by atoms with E-state index in [0.29, 0.717) is 12.3 Å². The van der Waals surface area contributed by atoms with Crippen LogP contribution in [0.15, 0.2) is 0 Å². The van der Waals surface area contributed by atoms with Crippen LogP contribution in [0, 0.1) is 16.7 Å². The topological polar surface area (TPSA) is 37.3 Å². The maximum absolute atomic E-state index is 11.9. The van der Waals surface area contributed by atoms with Crippen LogP contribution in [0.25, 0.3) is 0 Å². The zero-order chi connectivity index (χ0) is 12.2. The van der Waals surface area contributed by atoms with E-state index in [2.05, 4.69) is 20.8 Å². The van der Waals surface area contributed by atoms with E-state index >= 15 is 0 Å². The molecule has 16 heavy (non-hydrogen) atoms. The molecule has 2 aliphatic rings. The van der Waals surface area contributed by atoms with E-state index in [4.69, 9.17) is 0 Å². The molecule has 2 unspecified atom stereocenters. The van der Waals surface area contributed by atoms with Crippen LogP contribution in [0.2, 0.25) is 0 Å². The number of carbonyl (C=O) groups excluding carboxylic acids is 1. The van der Waals surface area contributed by atoms with E-state index in [-0.39, 0.29) is 16.6 Å². The summed E-state index contributed by atoms with van der Waals surface area (Å²) in [4.78, 5) is 11.9. The lowest BCUT2D eigenvalue weighted by Gasteiger charge is -2.50. The highest BCUT2D eigenvalue weighted by Gasteiger charge is 2.62. The molecule has 2 saturated carbocycles. The van der Waals surface area contributed by atoms with Gasteiger partial charge in [-0.2, -0.15) is 0 Å². The Morgan fingerprint density at radius 2 is 1.88 bits per heavy atom. The Hall–Kier alpha value is -0.370. The van der Waals surface area contributed by atoms with Gasteiger partial charge in [-0.15, -0.1) is 0 Å². The second kappa shape index (κ2) is 3.32. The summed E-state index contributed by atoms with van der Waals surface area (Å²) in [6.07, 6.45) is 4.91. The van der Waals surface area contributed by atoms with Crippen molar-refractivity contribution in [2.24, 2.45) is 16.7 Å². The number of rotatable bonds is 0. The Labute approximate surface area is 98.4 Å². The number of hydrogen-bond acceptors (Lipinski definition) is 2. The Kier molecular flexibility index (Phi) is 2.51. The maximum Gasteiger partial charge on any atom is 0.164 e. The van der Waals surface area contributed by atoms with E-state index in [1.807, 2.05) is 0 Å². The predicted molar refractivity (Wildman–Crippen MR) is 64.1 cm³/mol. The first-order valence-corrected chi connectivity index (χ1v) is 6.47. The minimum absolute atomic E-state index is 0.0534. The lowest BCUT2D eigenvalue weighted by Crippen LogP contribution is -2.51. The van der Waals surface area contributed by atoms with Gasteiger partial charge < -0.3 is 5.11 Å². The summed E-state index contributed by atoms with van der Waals surface area (Å²) in [6.45, 7) is 8.42. The maximum atomic E-state index is 11.9. The van der Waals surface area contributed by atoms with Gasteiger partial charge in [-0.25, -0.2) is 0 Å². The van der Waals surface area contributed by atoms with Gasteiger partial charge in [0.15, 0.2) is 5.78 Å². The molecular weight excluding hydrogens is 200 g/mol. The minimum Gasteiger partial charge on any atom is -0.382 e. The molecule has 0 bridgehead atoms. The molecule has 0 aromatic heterocycles. The summed E-state index contributed by atoms with van der Waals surface area (Å²) in [6, 6.07) is 0. The van der Waals surface area contributed by atoms with Crippen LogP contribution in [0.5, 0.6) is 0 Å². The van der Waals surface area contributed by atoms with Crippen molar-refractivity contribution < 1.29 is 9.90 Å². The van der Waals surface area contributed by atoms with E-state index in [1.54, 1.807) is 6.92 Å². The van der Waals surface area contributed by atoms with Crippen molar-refractivity contribution in [1.82, 2.24) is 0 Å². The van der Waals surface area contributed by atoms with Crippen LogP contribution in [-0.4, -0.2) is 16.5 Å². The molecule has 2 nitrogen and oxygen atoms in total. The molecule has 0 heterocycles. The molecular formula is C14H24O2. The van der Waals surface area contributed by atoms with E-state index in [0.717, 1.165) is 19.3 Å².